The van der Waals surface area contributed by atoms with E-state index in [1.165, 1.54) is 0 Å². The maximum Gasteiger partial charge on any atom is 0.137 e. The number of hydrogen-bond donors (Lipinski definition) is 0. The van der Waals surface area contributed by atoms with Crippen molar-refractivity contribution < 1.29 is 0 Å². The zero-order valence-corrected chi connectivity index (χ0v) is 9.78. The van der Waals surface area contributed by atoms with E-state index in [1.54, 1.807) is 0 Å². The van der Waals surface area contributed by atoms with E-state index in [-0.39, 0.29) is 5.41 Å². The Bertz CT molecular complexity index is 349. The van der Waals surface area contributed by atoms with Gasteiger partial charge in [0.2, 0.25) is 0 Å². The summed E-state index contributed by atoms with van der Waals surface area (Å²) in [5.74, 6) is 0.796. The Hall–Kier alpha value is -0.340. The van der Waals surface area contributed by atoms with E-state index in [0.717, 1.165) is 30.7 Å². The first-order chi connectivity index (χ1) is 6.57. The van der Waals surface area contributed by atoms with E-state index in [2.05, 4.69) is 16.9 Å². The van der Waals surface area contributed by atoms with Crippen molar-refractivity contribution in [2.24, 2.45) is 0 Å². The molecule has 14 heavy (non-hydrogen) atoms. The van der Waals surface area contributed by atoms with Crippen molar-refractivity contribution in [3.63, 3.8) is 0 Å². The van der Waals surface area contributed by atoms with Crippen LogP contribution in [0.4, 0.5) is 0 Å². The summed E-state index contributed by atoms with van der Waals surface area (Å²) in [7, 11) is 0. The van der Waals surface area contributed by atoms with Crippen molar-refractivity contribution >= 4 is 23.2 Å². The minimum absolute atomic E-state index is 0.125. The van der Waals surface area contributed by atoms with Crippen molar-refractivity contribution in [1.29, 1.82) is 0 Å². The quantitative estimate of drug-likeness (QED) is 0.729. The highest BCUT2D eigenvalue weighted by atomic mass is 35.5. The van der Waals surface area contributed by atoms with Gasteiger partial charge >= 0.3 is 0 Å². The molecule has 0 spiro atoms. The Balaban J connectivity index is 2.47. The second-order valence-electron chi connectivity index (χ2n) is 4.02. The lowest BCUT2D eigenvalue weighted by atomic mass is 10.1. The number of hydrogen-bond acceptors (Lipinski definition) is 2. The average molecular weight is 231 g/mol. The van der Waals surface area contributed by atoms with Gasteiger partial charge in [-0.1, -0.05) is 37.0 Å². The lowest BCUT2D eigenvalue weighted by Crippen LogP contribution is -2.08. The fraction of sp³-hybridized carbons (Fsp3) is 0.600. The molecule has 0 saturated heterocycles. The van der Waals surface area contributed by atoms with Gasteiger partial charge in [0.25, 0.3) is 0 Å². The molecule has 1 aliphatic carbocycles. The summed E-state index contributed by atoms with van der Waals surface area (Å²) in [5.41, 5.74) is 0.973. The minimum atomic E-state index is 0.125. The Morgan fingerprint density at radius 2 is 1.71 bits per heavy atom. The van der Waals surface area contributed by atoms with Crippen LogP contribution in [0.15, 0.2) is 0 Å². The topological polar surface area (TPSA) is 25.8 Å². The fourth-order valence-corrected chi connectivity index (χ4v) is 2.06. The normalized spacial score (nSPS) is 18.3. The van der Waals surface area contributed by atoms with Gasteiger partial charge in [-0.2, -0.15) is 0 Å². The third kappa shape index (κ3) is 1.61. The van der Waals surface area contributed by atoms with E-state index >= 15 is 0 Å². The van der Waals surface area contributed by atoms with Crippen LogP contribution in [0.3, 0.4) is 0 Å². The predicted molar refractivity (Wildman–Crippen MR) is 58.0 cm³/mol. The Labute approximate surface area is 93.7 Å². The molecule has 0 unspecified atom stereocenters. The molecule has 0 amide bonds. The predicted octanol–water partition coefficient (Wildman–Crippen LogP) is 3.40. The van der Waals surface area contributed by atoms with Gasteiger partial charge in [0.15, 0.2) is 0 Å². The summed E-state index contributed by atoms with van der Waals surface area (Å²) < 4.78 is 0. The first-order valence-corrected chi connectivity index (χ1v) is 5.55. The second-order valence-corrected chi connectivity index (χ2v) is 4.74. The van der Waals surface area contributed by atoms with Crippen LogP contribution in [0.2, 0.25) is 10.3 Å². The van der Waals surface area contributed by atoms with Gasteiger partial charge in [-0.25, -0.2) is 9.97 Å². The van der Waals surface area contributed by atoms with Crippen molar-refractivity contribution in [3.05, 3.63) is 21.7 Å². The highest BCUT2D eigenvalue weighted by Gasteiger charge is 2.42. The van der Waals surface area contributed by atoms with Gasteiger partial charge in [-0.05, 0) is 19.3 Å². The first-order valence-electron chi connectivity index (χ1n) is 4.79. The van der Waals surface area contributed by atoms with Crippen LogP contribution < -0.4 is 0 Å². The Kier molecular flexibility index (Phi) is 2.44. The standard InChI is InChI=1S/C10H12Cl2N2/c1-3-6-7(11)13-9(14-8(6)12)10(2)4-5-10/h3-5H2,1-2H3. The number of nitrogens with zero attached hydrogens (tertiary/aromatic N) is 2. The van der Waals surface area contributed by atoms with E-state index in [1.807, 2.05) is 6.92 Å². The average Bonchev–Trinajstić information content (AvgIpc) is 2.84. The highest BCUT2D eigenvalue weighted by molar-refractivity contribution is 6.34. The molecule has 1 fully saturated rings. The van der Waals surface area contributed by atoms with Crippen molar-refractivity contribution in [1.82, 2.24) is 9.97 Å². The summed E-state index contributed by atoms with van der Waals surface area (Å²) in [5, 5.41) is 1.02. The molecule has 0 bridgehead atoms. The van der Waals surface area contributed by atoms with Crippen LogP contribution in [0.5, 0.6) is 0 Å². The third-order valence-corrected chi connectivity index (χ3v) is 3.42. The number of rotatable bonds is 2. The van der Waals surface area contributed by atoms with Gasteiger partial charge in [-0.15, -0.1) is 0 Å². The molecule has 2 rings (SSSR count). The first kappa shape index (κ1) is 10.2. The largest absolute Gasteiger partial charge is 0.220 e. The molecular weight excluding hydrogens is 219 g/mol. The third-order valence-electron chi connectivity index (χ3n) is 2.80. The lowest BCUT2D eigenvalue weighted by Gasteiger charge is -2.10. The molecule has 0 radical (unpaired) electrons. The molecular formula is C10H12Cl2N2. The molecule has 1 aromatic rings. The molecule has 1 heterocycles. The van der Waals surface area contributed by atoms with Crippen molar-refractivity contribution in [2.75, 3.05) is 0 Å². The van der Waals surface area contributed by atoms with Crippen LogP contribution >= 0.6 is 23.2 Å². The molecule has 76 valence electrons. The minimum Gasteiger partial charge on any atom is -0.220 e. The lowest BCUT2D eigenvalue weighted by molar-refractivity contribution is 0.705. The zero-order chi connectivity index (χ0) is 10.3. The fourth-order valence-electron chi connectivity index (χ4n) is 1.40. The van der Waals surface area contributed by atoms with Gasteiger partial charge in [0, 0.05) is 11.0 Å². The maximum atomic E-state index is 6.03. The van der Waals surface area contributed by atoms with E-state index in [9.17, 15) is 0 Å². The summed E-state index contributed by atoms with van der Waals surface area (Å²) in [6.07, 6.45) is 3.03. The summed E-state index contributed by atoms with van der Waals surface area (Å²) in [4.78, 5) is 8.62. The molecule has 2 nitrogen and oxygen atoms in total. The van der Waals surface area contributed by atoms with Crippen LogP contribution in [0.25, 0.3) is 0 Å². The molecule has 0 aliphatic heterocycles. The van der Waals surface area contributed by atoms with Crippen molar-refractivity contribution in [3.8, 4) is 0 Å². The van der Waals surface area contributed by atoms with Crippen molar-refractivity contribution in [2.45, 2.75) is 38.5 Å². The molecule has 1 aromatic heterocycles. The van der Waals surface area contributed by atoms with Gasteiger partial charge in [0.05, 0.1) is 0 Å². The summed E-state index contributed by atoms with van der Waals surface area (Å²) >= 11 is 12.1. The summed E-state index contributed by atoms with van der Waals surface area (Å²) in [6, 6.07) is 0. The molecule has 0 aromatic carbocycles. The van der Waals surface area contributed by atoms with Crippen LogP contribution in [-0.4, -0.2) is 9.97 Å². The smallest absolute Gasteiger partial charge is 0.137 e. The molecule has 0 atom stereocenters. The van der Waals surface area contributed by atoms with Crippen LogP contribution in [0.1, 0.15) is 38.1 Å². The van der Waals surface area contributed by atoms with Crippen LogP contribution in [0, 0.1) is 0 Å². The van der Waals surface area contributed by atoms with Gasteiger partial charge < -0.3 is 0 Å². The SMILES string of the molecule is CCc1c(Cl)nc(C2(C)CC2)nc1Cl. The second kappa shape index (κ2) is 3.35. The van der Waals surface area contributed by atoms with Crippen LogP contribution in [-0.2, 0) is 11.8 Å². The van der Waals surface area contributed by atoms with E-state index < -0.39 is 0 Å². The molecule has 0 N–H and O–H groups in total. The Morgan fingerprint density at radius 3 is 2.07 bits per heavy atom. The van der Waals surface area contributed by atoms with Gasteiger partial charge in [0.1, 0.15) is 16.1 Å². The summed E-state index contributed by atoms with van der Waals surface area (Å²) in [6.45, 7) is 4.13. The van der Waals surface area contributed by atoms with Gasteiger partial charge in [-0.3, -0.25) is 0 Å². The number of halogens is 2. The highest BCUT2D eigenvalue weighted by Crippen LogP contribution is 2.46. The number of aromatic nitrogens is 2. The Morgan fingerprint density at radius 1 is 1.21 bits per heavy atom. The maximum absolute atomic E-state index is 6.03. The monoisotopic (exact) mass is 230 g/mol. The van der Waals surface area contributed by atoms with E-state index in [4.69, 9.17) is 23.2 Å². The molecule has 1 saturated carbocycles. The zero-order valence-electron chi connectivity index (χ0n) is 8.27. The van der Waals surface area contributed by atoms with E-state index in [0.29, 0.717) is 10.3 Å². The molecule has 1 aliphatic rings. The molecule has 4 heteroatoms.